The van der Waals surface area contributed by atoms with Crippen LogP contribution in [0.4, 0.5) is 13.2 Å². The van der Waals surface area contributed by atoms with Crippen molar-refractivity contribution in [3.05, 3.63) is 23.9 Å². The minimum Gasteiger partial charge on any atom is -0.465 e. The minimum atomic E-state index is -4.40. The summed E-state index contributed by atoms with van der Waals surface area (Å²) < 4.78 is 41.2. The van der Waals surface area contributed by atoms with Crippen molar-refractivity contribution in [3.8, 4) is 5.88 Å². The van der Waals surface area contributed by atoms with Crippen LogP contribution in [0.1, 0.15) is 12.5 Å². The monoisotopic (exact) mass is 239 g/mol. The van der Waals surface area contributed by atoms with Crippen molar-refractivity contribution in [1.29, 1.82) is 0 Å². The normalized spacial score (nSPS) is 13.7. The van der Waals surface area contributed by atoms with Crippen LogP contribution in [0.2, 0.25) is 0 Å². The molecular formula is C9H9ClF3NO. The minimum absolute atomic E-state index is 0.0632. The number of halogens is 4. The number of nitrogens with zero attached hydrogens (tertiary/aromatic N) is 1. The number of pyridine rings is 1. The average Bonchev–Trinajstić information content (AvgIpc) is 2.17. The van der Waals surface area contributed by atoms with Gasteiger partial charge < -0.3 is 4.74 Å². The summed E-state index contributed by atoms with van der Waals surface area (Å²) in [4.78, 5) is 3.70. The fraction of sp³-hybridized carbons (Fsp3) is 0.444. The van der Waals surface area contributed by atoms with E-state index in [4.69, 9.17) is 11.6 Å². The van der Waals surface area contributed by atoms with Crippen LogP contribution in [-0.2, 0) is 5.88 Å². The zero-order valence-electron chi connectivity index (χ0n) is 7.88. The van der Waals surface area contributed by atoms with E-state index in [-0.39, 0.29) is 11.8 Å². The van der Waals surface area contributed by atoms with Gasteiger partial charge in [-0.05, 0) is 13.0 Å². The Labute approximate surface area is 90.0 Å². The summed E-state index contributed by atoms with van der Waals surface area (Å²) in [5.74, 6) is -0.00868. The first-order chi connectivity index (χ1) is 6.95. The van der Waals surface area contributed by atoms with Crippen LogP contribution < -0.4 is 4.74 Å². The maximum absolute atomic E-state index is 12.2. The summed E-state index contributed by atoms with van der Waals surface area (Å²) >= 11 is 5.53. The van der Waals surface area contributed by atoms with Gasteiger partial charge in [-0.15, -0.1) is 11.6 Å². The van der Waals surface area contributed by atoms with E-state index in [0.29, 0.717) is 5.56 Å². The summed E-state index contributed by atoms with van der Waals surface area (Å²) in [6.45, 7) is 0.923. The van der Waals surface area contributed by atoms with Crippen molar-refractivity contribution < 1.29 is 17.9 Å². The smallest absolute Gasteiger partial charge is 0.425 e. The molecule has 6 heteroatoms. The lowest BCUT2D eigenvalue weighted by molar-refractivity contribution is -0.190. The van der Waals surface area contributed by atoms with Crippen LogP contribution in [0.25, 0.3) is 0 Å². The quantitative estimate of drug-likeness (QED) is 0.756. The third-order valence-corrected chi connectivity index (χ3v) is 2.03. The Bertz CT molecular complexity index is 329. The molecule has 1 aromatic heterocycles. The molecule has 0 saturated heterocycles. The molecular weight excluding hydrogens is 231 g/mol. The number of rotatable bonds is 3. The summed E-state index contributed by atoms with van der Waals surface area (Å²) in [5.41, 5.74) is 0.440. The zero-order chi connectivity index (χ0) is 11.5. The van der Waals surface area contributed by atoms with Gasteiger partial charge in [0.05, 0.1) is 5.88 Å². The Hall–Kier alpha value is -0.970. The zero-order valence-corrected chi connectivity index (χ0v) is 8.64. The molecule has 0 bridgehead atoms. The highest BCUT2D eigenvalue weighted by Gasteiger charge is 2.38. The maximum atomic E-state index is 12.2. The summed E-state index contributed by atoms with van der Waals surface area (Å²) in [6.07, 6.45) is -4.94. The summed E-state index contributed by atoms with van der Waals surface area (Å²) in [6, 6.07) is 3.15. The van der Waals surface area contributed by atoms with Crippen molar-refractivity contribution in [2.75, 3.05) is 0 Å². The van der Waals surface area contributed by atoms with Crippen molar-refractivity contribution in [3.63, 3.8) is 0 Å². The lowest BCUT2D eigenvalue weighted by Crippen LogP contribution is -2.31. The number of ether oxygens (including phenoxy) is 1. The molecule has 0 aliphatic rings. The Morgan fingerprint density at radius 3 is 2.73 bits per heavy atom. The van der Waals surface area contributed by atoms with Gasteiger partial charge in [-0.2, -0.15) is 13.2 Å². The SMILES string of the molecule is CC(Oc1ncccc1CCl)C(F)(F)F. The fourth-order valence-electron chi connectivity index (χ4n) is 0.866. The standard InChI is InChI=1S/C9H9ClF3NO/c1-6(9(11,12)13)15-8-7(5-10)3-2-4-14-8/h2-4,6H,5H2,1H3. The molecule has 0 saturated carbocycles. The van der Waals surface area contributed by atoms with E-state index < -0.39 is 12.3 Å². The molecule has 0 fully saturated rings. The van der Waals surface area contributed by atoms with Crippen LogP contribution in [0.3, 0.4) is 0 Å². The number of alkyl halides is 4. The van der Waals surface area contributed by atoms with E-state index in [9.17, 15) is 13.2 Å². The molecule has 1 unspecified atom stereocenters. The van der Waals surface area contributed by atoms with E-state index in [1.807, 2.05) is 0 Å². The molecule has 0 spiro atoms. The van der Waals surface area contributed by atoms with E-state index in [0.717, 1.165) is 6.92 Å². The van der Waals surface area contributed by atoms with Crippen LogP contribution in [0.15, 0.2) is 18.3 Å². The molecule has 0 radical (unpaired) electrons. The Balaban J connectivity index is 2.80. The van der Waals surface area contributed by atoms with Gasteiger partial charge in [0.2, 0.25) is 5.88 Å². The first-order valence-corrected chi connectivity index (χ1v) is 4.72. The highest BCUT2D eigenvalue weighted by molar-refractivity contribution is 6.17. The molecule has 84 valence electrons. The molecule has 1 aromatic rings. The third-order valence-electron chi connectivity index (χ3n) is 1.74. The van der Waals surface area contributed by atoms with Gasteiger partial charge in [0, 0.05) is 11.8 Å². The second-order valence-corrected chi connectivity index (χ2v) is 3.17. The lowest BCUT2D eigenvalue weighted by atomic mass is 10.3. The van der Waals surface area contributed by atoms with Gasteiger partial charge in [-0.3, -0.25) is 0 Å². The first kappa shape index (κ1) is 12.1. The first-order valence-electron chi connectivity index (χ1n) is 4.18. The highest BCUT2D eigenvalue weighted by Crippen LogP contribution is 2.26. The highest BCUT2D eigenvalue weighted by atomic mass is 35.5. The van der Waals surface area contributed by atoms with Crippen LogP contribution in [0.5, 0.6) is 5.88 Å². The molecule has 0 N–H and O–H groups in total. The van der Waals surface area contributed by atoms with Crippen molar-refractivity contribution in [2.45, 2.75) is 25.1 Å². The summed E-state index contributed by atoms with van der Waals surface area (Å²) in [5, 5.41) is 0. The molecule has 1 rings (SSSR count). The number of hydrogen-bond donors (Lipinski definition) is 0. The molecule has 0 amide bonds. The van der Waals surface area contributed by atoms with Gasteiger partial charge in [0.25, 0.3) is 0 Å². The van der Waals surface area contributed by atoms with Gasteiger partial charge in [-0.1, -0.05) is 6.07 Å². The largest absolute Gasteiger partial charge is 0.465 e. The molecule has 15 heavy (non-hydrogen) atoms. The van der Waals surface area contributed by atoms with E-state index in [1.54, 1.807) is 12.1 Å². The van der Waals surface area contributed by atoms with E-state index >= 15 is 0 Å². The lowest BCUT2D eigenvalue weighted by Gasteiger charge is -2.18. The maximum Gasteiger partial charge on any atom is 0.425 e. The predicted molar refractivity (Wildman–Crippen MR) is 49.9 cm³/mol. The Kier molecular flexibility index (Phi) is 3.79. The van der Waals surface area contributed by atoms with Gasteiger partial charge >= 0.3 is 6.18 Å². The van der Waals surface area contributed by atoms with Gasteiger partial charge in [0.15, 0.2) is 6.10 Å². The van der Waals surface area contributed by atoms with E-state index in [2.05, 4.69) is 9.72 Å². The van der Waals surface area contributed by atoms with Crippen LogP contribution >= 0.6 is 11.6 Å². The van der Waals surface area contributed by atoms with Crippen molar-refractivity contribution >= 4 is 11.6 Å². The second kappa shape index (κ2) is 4.70. The van der Waals surface area contributed by atoms with Crippen LogP contribution in [0, 0.1) is 0 Å². The average molecular weight is 240 g/mol. The van der Waals surface area contributed by atoms with Crippen molar-refractivity contribution in [1.82, 2.24) is 4.98 Å². The molecule has 0 aromatic carbocycles. The Morgan fingerprint density at radius 2 is 2.20 bits per heavy atom. The van der Waals surface area contributed by atoms with Crippen molar-refractivity contribution in [2.24, 2.45) is 0 Å². The second-order valence-electron chi connectivity index (χ2n) is 2.90. The number of hydrogen-bond acceptors (Lipinski definition) is 2. The van der Waals surface area contributed by atoms with Gasteiger partial charge in [-0.25, -0.2) is 4.98 Å². The molecule has 1 heterocycles. The van der Waals surface area contributed by atoms with Crippen LogP contribution in [-0.4, -0.2) is 17.3 Å². The summed E-state index contributed by atoms with van der Waals surface area (Å²) in [7, 11) is 0. The molecule has 2 nitrogen and oxygen atoms in total. The molecule has 0 aliphatic carbocycles. The molecule has 1 atom stereocenters. The van der Waals surface area contributed by atoms with Gasteiger partial charge in [0.1, 0.15) is 0 Å². The fourth-order valence-corrected chi connectivity index (χ4v) is 1.07. The molecule has 0 aliphatic heterocycles. The Morgan fingerprint density at radius 1 is 1.53 bits per heavy atom. The number of aromatic nitrogens is 1. The topological polar surface area (TPSA) is 22.1 Å². The predicted octanol–water partition coefficient (Wildman–Crippen LogP) is 3.15. The third kappa shape index (κ3) is 3.27. The van der Waals surface area contributed by atoms with E-state index in [1.165, 1.54) is 6.20 Å².